The van der Waals surface area contributed by atoms with E-state index in [1.54, 1.807) is 12.1 Å². The van der Waals surface area contributed by atoms with Crippen LogP contribution in [0.5, 0.6) is 11.5 Å². The maximum absolute atomic E-state index is 14.3. The number of carbonyl (C=O) groups is 1. The van der Waals surface area contributed by atoms with Crippen molar-refractivity contribution >= 4 is 33.4 Å². The standard InChI is InChI=1S/C21H19BrFNO4S.C3H6/c1-26-14-7-8-17(23)16(11-14)21-20(22)18(24-29-21)12-28-15-5-3-4-13(10-15)6-9-19(25)27-2;1-2-3-1/h3-5,7-8,10-11H,6,9,12H2,1-2H3;1-3H2. The molecule has 0 unspecified atom stereocenters. The zero-order valence-corrected chi connectivity index (χ0v) is 20.4. The van der Waals surface area contributed by atoms with Gasteiger partial charge in [0.1, 0.15) is 29.6 Å². The van der Waals surface area contributed by atoms with Gasteiger partial charge in [-0.15, -0.1) is 0 Å². The van der Waals surface area contributed by atoms with Gasteiger partial charge in [0.2, 0.25) is 0 Å². The minimum absolute atomic E-state index is 0.225. The van der Waals surface area contributed by atoms with Gasteiger partial charge < -0.3 is 14.2 Å². The maximum atomic E-state index is 14.3. The third-order valence-electron chi connectivity index (χ3n) is 4.59. The molecule has 2 aromatic carbocycles. The summed E-state index contributed by atoms with van der Waals surface area (Å²) in [5.41, 5.74) is 2.07. The van der Waals surface area contributed by atoms with E-state index in [1.165, 1.54) is 51.1 Å². The molecule has 8 heteroatoms. The van der Waals surface area contributed by atoms with Gasteiger partial charge >= 0.3 is 5.97 Å². The van der Waals surface area contributed by atoms with E-state index in [4.69, 9.17) is 9.47 Å². The number of rotatable bonds is 8. The zero-order chi connectivity index (χ0) is 22.9. The van der Waals surface area contributed by atoms with Gasteiger partial charge in [-0.2, -0.15) is 4.37 Å². The van der Waals surface area contributed by atoms with Crippen LogP contribution in [0.25, 0.3) is 10.4 Å². The Morgan fingerprint density at radius 2 is 1.91 bits per heavy atom. The number of hydrogen-bond donors (Lipinski definition) is 0. The molecule has 1 saturated carbocycles. The summed E-state index contributed by atoms with van der Waals surface area (Å²) in [5, 5.41) is 0. The van der Waals surface area contributed by atoms with Gasteiger partial charge in [0.15, 0.2) is 0 Å². The molecule has 0 bridgehead atoms. The van der Waals surface area contributed by atoms with E-state index in [-0.39, 0.29) is 18.4 Å². The van der Waals surface area contributed by atoms with Gasteiger partial charge in [0.25, 0.3) is 0 Å². The lowest BCUT2D eigenvalue weighted by molar-refractivity contribution is -0.140. The number of carbonyl (C=O) groups excluding carboxylic acids is 1. The third kappa shape index (κ3) is 7.03. The highest BCUT2D eigenvalue weighted by Crippen LogP contribution is 2.38. The summed E-state index contributed by atoms with van der Waals surface area (Å²) in [4.78, 5) is 12.0. The normalized spacial score (nSPS) is 11.9. The molecule has 1 aromatic heterocycles. The van der Waals surface area contributed by atoms with E-state index in [1.807, 2.05) is 24.3 Å². The molecule has 1 heterocycles. The van der Waals surface area contributed by atoms with Crippen molar-refractivity contribution in [3.05, 3.63) is 64.0 Å². The summed E-state index contributed by atoms with van der Waals surface area (Å²) < 4.78 is 35.1. The van der Waals surface area contributed by atoms with Crippen molar-refractivity contribution in [3.8, 4) is 21.9 Å². The molecule has 4 rings (SSSR count). The average Bonchev–Trinajstić information content (AvgIpc) is 3.66. The first kappa shape index (κ1) is 24.2. The van der Waals surface area contributed by atoms with E-state index in [0.29, 0.717) is 44.9 Å². The molecule has 0 N–H and O–H groups in total. The number of aryl methyl sites for hydroxylation is 1. The van der Waals surface area contributed by atoms with Crippen molar-refractivity contribution in [2.24, 2.45) is 0 Å². The van der Waals surface area contributed by atoms with Crippen molar-refractivity contribution in [1.29, 1.82) is 0 Å². The highest BCUT2D eigenvalue weighted by Gasteiger charge is 2.17. The predicted molar refractivity (Wildman–Crippen MR) is 127 cm³/mol. The molecule has 1 aliphatic rings. The lowest BCUT2D eigenvalue weighted by Gasteiger charge is -2.08. The summed E-state index contributed by atoms with van der Waals surface area (Å²) in [5.74, 6) is 0.644. The van der Waals surface area contributed by atoms with Crippen molar-refractivity contribution in [2.45, 2.75) is 38.7 Å². The maximum Gasteiger partial charge on any atom is 0.305 e. The fourth-order valence-corrected chi connectivity index (χ4v) is 4.21. The van der Waals surface area contributed by atoms with Gasteiger partial charge in [0, 0.05) is 12.0 Å². The quantitative estimate of drug-likeness (QED) is 0.313. The van der Waals surface area contributed by atoms with Crippen LogP contribution in [0.4, 0.5) is 4.39 Å². The van der Waals surface area contributed by atoms with Crippen LogP contribution >= 0.6 is 27.5 Å². The molecule has 1 fully saturated rings. The number of halogens is 2. The minimum atomic E-state index is -0.346. The molecule has 0 amide bonds. The van der Waals surface area contributed by atoms with E-state index in [9.17, 15) is 9.18 Å². The fourth-order valence-electron chi connectivity index (χ4n) is 2.67. The van der Waals surface area contributed by atoms with E-state index in [2.05, 4.69) is 25.0 Å². The molecule has 0 aliphatic heterocycles. The predicted octanol–water partition coefficient (Wildman–Crippen LogP) is 6.58. The van der Waals surface area contributed by atoms with Crippen molar-refractivity contribution in [3.63, 3.8) is 0 Å². The van der Waals surface area contributed by atoms with E-state index in [0.717, 1.165) is 5.56 Å². The molecule has 0 saturated heterocycles. The zero-order valence-electron chi connectivity index (χ0n) is 18.0. The topological polar surface area (TPSA) is 57.7 Å². The summed E-state index contributed by atoms with van der Waals surface area (Å²) in [6, 6.07) is 12.1. The molecule has 5 nitrogen and oxygen atoms in total. The van der Waals surface area contributed by atoms with Gasteiger partial charge in [-0.05, 0) is 69.8 Å². The first-order valence-corrected chi connectivity index (χ1v) is 11.8. The molecule has 0 atom stereocenters. The Hall–Kier alpha value is -2.45. The number of nitrogens with zero attached hydrogens (tertiary/aromatic N) is 1. The van der Waals surface area contributed by atoms with Crippen LogP contribution in [0.1, 0.15) is 36.9 Å². The highest BCUT2D eigenvalue weighted by molar-refractivity contribution is 9.10. The van der Waals surface area contributed by atoms with Crippen LogP contribution in [-0.2, 0) is 22.6 Å². The van der Waals surface area contributed by atoms with Gasteiger partial charge in [-0.25, -0.2) is 4.39 Å². The summed E-state index contributed by atoms with van der Waals surface area (Å²) in [6.07, 6.45) is 5.39. The van der Waals surface area contributed by atoms with E-state index >= 15 is 0 Å². The minimum Gasteiger partial charge on any atom is -0.497 e. The van der Waals surface area contributed by atoms with Crippen LogP contribution in [0.2, 0.25) is 0 Å². The largest absolute Gasteiger partial charge is 0.497 e. The summed E-state index contributed by atoms with van der Waals surface area (Å²) in [7, 11) is 2.91. The SMILES string of the molecule is C1CC1.COC(=O)CCc1cccc(OCc2nsc(-c3cc(OC)ccc3F)c2Br)c1. The smallest absolute Gasteiger partial charge is 0.305 e. The second kappa shape index (κ2) is 12.0. The Balaban J connectivity index is 0.000000887. The number of aromatic nitrogens is 1. The van der Waals surface area contributed by atoms with Crippen molar-refractivity contribution in [1.82, 2.24) is 4.37 Å². The van der Waals surface area contributed by atoms with Gasteiger partial charge in [-0.3, -0.25) is 4.79 Å². The second-order valence-electron chi connectivity index (χ2n) is 7.19. The summed E-state index contributed by atoms with van der Waals surface area (Å²) in [6.45, 7) is 0.225. The van der Waals surface area contributed by atoms with Crippen LogP contribution in [-0.4, -0.2) is 24.6 Å². The number of esters is 1. The molecule has 32 heavy (non-hydrogen) atoms. The van der Waals surface area contributed by atoms with Crippen molar-refractivity contribution < 1.29 is 23.4 Å². The van der Waals surface area contributed by atoms with Crippen LogP contribution < -0.4 is 9.47 Å². The Morgan fingerprint density at radius 3 is 2.59 bits per heavy atom. The molecular weight excluding hydrogens is 497 g/mol. The van der Waals surface area contributed by atoms with Gasteiger partial charge in [0.05, 0.1) is 23.6 Å². The number of ether oxygens (including phenoxy) is 3. The molecule has 0 spiro atoms. The molecular formula is C24H25BrFNO4S. The number of methoxy groups -OCH3 is 2. The molecule has 0 radical (unpaired) electrons. The second-order valence-corrected chi connectivity index (χ2v) is 8.76. The number of benzene rings is 2. The van der Waals surface area contributed by atoms with E-state index < -0.39 is 0 Å². The Kier molecular flexibility index (Phi) is 9.05. The monoisotopic (exact) mass is 521 g/mol. The average molecular weight is 522 g/mol. The molecule has 3 aromatic rings. The fraction of sp³-hybridized carbons (Fsp3) is 0.333. The van der Waals surface area contributed by atoms with Crippen molar-refractivity contribution in [2.75, 3.05) is 14.2 Å². The van der Waals surface area contributed by atoms with Crippen LogP contribution in [0.3, 0.4) is 0 Å². The Labute approximate surface area is 199 Å². The van der Waals surface area contributed by atoms with Crippen LogP contribution in [0.15, 0.2) is 46.9 Å². The summed E-state index contributed by atoms with van der Waals surface area (Å²) >= 11 is 4.71. The first-order chi connectivity index (χ1) is 15.5. The number of hydrogen-bond acceptors (Lipinski definition) is 6. The lowest BCUT2D eigenvalue weighted by atomic mass is 10.1. The molecule has 1 aliphatic carbocycles. The molecule has 170 valence electrons. The first-order valence-electron chi connectivity index (χ1n) is 10.3. The Bertz CT molecular complexity index is 1050. The highest BCUT2D eigenvalue weighted by atomic mass is 79.9. The lowest BCUT2D eigenvalue weighted by Crippen LogP contribution is -2.02. The third-order valence-corrected chi connectivity index (χ3v) is 6.63. The van der Waals surface area contributed by atoms with Gasteiger partial charge in [-0.1, -0.05) is 31.4 Å². The Morgan fingerprint density at radius 1 is 1.12 bits per heavy atom. The van der Waals surface area contributed by atoms with Crippen LogP contribution in [0, 0.1) is 5.82 Å².